The summed E-state index contributed by atoms with van der Waals surface area (Å²) in [6, 6.07) is 10.9. The molecular formula is C17H14FN3O3. The van der Waals surface area contributed by atoms with Crippen molar-refractivity contribution in [3.05, 3.63) is 71.5 Å². The first-order valence-electron chi connectivity index (χ1n) is 7.19. The molecule has 0 bridgehead atoms. The number of halogens is 1. The molecule has 1 aromatic carbocycles. The minimum atomic E-state index is -0.601. The monoisotopic (exact) mass is 327 g/mol. The zero-order valence-electron chi connectivity index (χ0n) is 12.8. The molecule has 0 aliphatic carbocycles. The van der Waals surface area contributed by atoms with Gasteiger partial charge in [-0.1, -0.05) is 17.3 Å². The van der Waals surface area contributed by atoms with E-state index < -0.39 is 11.8 Å². The molecule has 0 aliphatic rings. The summed E-state index contributed by atoms with van der Waals surface area (Å²) in [4.78, 5) is 16.3. The summed E-state index contributed by atoms with van der Waals surface area (Å²) >= 11 is 0. The third-order valence-electron chi connectivity index (χ3n) is 3.18. The van der Waals surface area contributed by atoms with Crippen molar-refractivity contribution >= 4 is 17.5 Å². The summed E-state index contributed by atoms with van der Waals surface area (Å²) < 4.78 is 23.9. The maximum absolute atomic E-state index is 13.8. The van der Waals surface area contributed by atoms with E-state index in [-0.39, 0.29) is 23.7 Å². The number of ether oxygens (including phenoxy) is 1. The quantitative estimate of drug-likeness (QED) is 0.721. The largest absolute Gasteiger partial charge is 0.454 e. The normalized spacial score (nSPS) is 10.4. The second-order valence-corrected chi connectivity index (χ2v) is 5.02. The van der Waals surface area contributed by atoms with Crippen LogP contribution in [0.1, 0.15) is 21.8 Å². The van der Waals surface area contributed by atoms with Gasteiger partial charge in [-0.2, -0.15) is 0 Å². The number of rotatable bonds is 5. The average molecular weight is 327 g/mol. The van der Waals surface area contributed by atoms with E-state index in [1.807, 2.05) is 0 Å². The lowest BCUT2D eigenvalue weighted by molar-refractivity contribution is 0.0438. The van der Waals surface area contributed by atoms with Gasteiger partial charge >= 0.3 is 5.97 Å². The van der Waals surface area contributed by atoms with E-state index in [0.29, 0.717) is 11.5 Å². The highest BCUT2D eigenvalue weighted by molar-refractivity contribution is 5.95. The fourth-order valence-electron chi connectivity index (χ4n) is 2.06. The van der Waals surface area contributed by atoms with Crippen molar-refractivity contribution in [3.8, 4) is 0 Å². The van der Waals surface area contributed by atoms with Gasteiger partial charge in [0.2, 0.25) is 0 Å². The van der Waals surface area contributed by atoms with Crippen LogP contribution in [-0.4, -0.2) is 16.1 Å². The first-order valence-corrected chi connectivity index (χ1v) is 7.19. The maximum atomic E-state index is 13.8. The van der Waals surface area contributed by atoms with Crippen LogP contribution in [0.2, 0.25) is 0 Å². The van der Waals surface area contributed by atoms with Gasteiger partial charge in [-0.05, 0) is 31.2 Å². The molecule has 7 heteroatoms. The molecule has 6 nitrogen and oxygen atoms in total. The molecule has 0 saturated carbocycles. The molecule has 1 N–H and O–H groups in total. The number of anilines is 2. The molecule has 0 atom stereocenters. The topological polar surface area (TPSA) is 77.2 Å². The van der Waals surface area contributed by atoms with Gasteiger partial charge in [-0.3, -0.25) is 0 Å². The van der Waals surface area contributed by atoms with Crippen molar-refractivity contribution in [3.63, 3.8) is 0 Å². The van der Waals surface area contributed by atoms with Crippen molar-refractivity contribution in [2.24, 2.45) is 0 Å². The predicted molar refractivity (Wildman–Crippen MR) is 84.3 cm³/mol. The van der Waals surface area contributed by atoms with Crippen molar-refractivity contribution in [2.45, 2.75) is 13.5 Å². The SMILES string of the molecule is Cc1cc(COC(=O)c2cccnc2Nc2ccccc2F)on1. The number of aromatic nitrogens is 2. The molecule has 0 aliphatic heterocycles. The molecule has 0 radical (unpaired) electrons. The van der Waals surface area contributed by atoms with Gasteiger partial charge in [-0.15, -0.1) is 0 Å². The lowest BCUT2D eigenvalue weighted by Crippen LogP contribution is -2.09. The van der Waals surface area contributed by atoms with Crippen molar-refractivity contribution in [1.29, 1.82) is 0 Å². The summed E-state index contributed by atoms with van der Waals surface area (Å²) in [5.74, 6) is -0.398. The fraction of sp³-hybridized carbons (Fsp3) is 0.118. The molecule has 0 unspecified atom stereocenters. The Kier molecular flexibility index (Phi) is 4.51. The van der Waals surface area contributed by atoms with E-state index >= 15 is 0 Å². The number of esters is 1. The highest BCUT2D eigenvalue weighted by Crippen LogP contribution is 2.21. The molecule has 0 fully saturated rings. The number of nitrogens with zero attached hydrogens (tertiary/aromatic N) is 2. The van der Waals surface area contributed by atoms with E-state index in [2.05, 4.69) is 15.5 Å². The van der Waals surface area contributed by atoms with Crippen LogP contribution in [0.25, 0.3) is 0 Å². The Balaban J connectivity index is 1.76. The standard InChI is InChI=1S/C17H14FN3O3/c1-11-9-12(24-21-11)10-23-17(22)13-5-4-8-19-16(13)20-15-7-3-2-6-14(15)18/h2-9H,10H2,1H3,(H,19,20). The molecule has 24 heavy (non-hydrogen) atoms. The van der Waals surface area contributed by atoms with E-state index in [1.165, 1.54) is 12.3 Å². The van der Waals surface area contributed by atoms with E-state index in [1.54, 1.807) is 43.3 Å². The van der Waals surface area contributed by atoms with E-state index in [4.69, 9.17) is 9.26 Å². The minimum Gasteiger partial charge on any atom is -0.454 e. The zero-order valence-corrected chi connectivity index (χ0v) is 12.8. The molecule has 122 valence electrons. The first-order chi connectivity index (χ1) is 11.6. The van der Waals surface area contributed by atoms with Gasteiger partial charge in [-0.25, -0.2) is 14.2 Å². The second-order valence-electron chi connectivity index (χ2n) is 5.02. The van der Waals surface area contributed by atoms with Gasteiger partial charge < -0.3 is 14.6 Å². The van der Waals surface area contributed by atoms with Crippen LogP contribution < -0.4 is 5.32 Å². The molecule has 3 rings (SSSR count). The lowest BCUT2D eigenvalue weighted by atomic mass is 10.2. The van der Waals surface area contributed by atoms with Gasteiger partial charge in [0.15, 0.2) is 12.4 Å². The van der Waals surface area contributed by atoms with Crippen LogP contribution in [-0.2, 0) is 11.3 Å². The zero-order chi connectivity index (χ0) is 16.9. The Labute approximate surface area is 137 Å². The Morgan fingerprint density at radius 3 is 2.88 bits per heavy atom. The Bertz CT molecular complexity index is 864. The number of aryl methyl sites for hydroxylation is 1. The summed E-state index contributed by atoms with van der Waals surface area (Å²) in [6.45, 7) is 1.72. The average Bonchev–Trinajstić information content (AvgIpc) is 3.01. The third kappa shape index (κ3) is 3.57. The minimum absolute atomic E-state index is 0.0479. The number of benzene rings is 1. The van der Waals surface area contributed by atoms with E-state index in [9.17, 15) is 9.18 Å². The van der Waals surface area contributed by atoms with Gasteiger partial charge in [0.1, 0.15) is 17.2 Å². The summed E-state index contributed by atoms with van der Waals surface area (Å²) in [5.41, 5.74) is 1.11. The van der Waals surface area contributed by atoms with Gasteiger partial charge in [0.25, 0.3) is 0 Å². The van der Waals surface area contributed by atoms with Gasteiger partial charge in [0, 0.05) is 12.3 Å². The van der Waals surface area contributed by atoms with Crippen molar-refractivity contribution in [1.82, 2.24) is 10.1 Å². The van der Waals surface area contributed by atoms with Crippen LogP contribution in [0.5, 0.6) is 0 Å². The van der Waals surface area contributed by atoms with E-state index in [0.717, 1.165) is 0 Å². The molecular weight excluding hydrogens is 313 g/mol. The Morgan fingerprint density at radius 2 is 2.12 bits per heavy atom. The third-order valence-corrected chi connectivity index (χ3v) is 3.18. The summed E-state index contributed by atoms with van der Waals surface area (Å²) in [5, 5.41) is 6.52. The Morgan fingerprint density at radius 1 is 1.29 bits per heavy atom. The smallest absolute Gasteiger partial charge is 0.342 e. The van der Waals surface area contributed by atoms with Crippen LogP contribution >= 0.6 is 0 Å². The molecule has 0 spiro atoms. The Hall–Kier alpha value is -3.22. The molecule has 0 amide bonds. The van der Waals surface area contributed by atoms with Crippen LogP contribution in [0.3, 0.4) is 0 Å². The summed E-state index contributed by atoms with van der Waals surface area (Å²) in [7, 11) is 0. The number of nitrogens with one attached hydrogen (secondary N) is 1. The number of carbonyl (C=O) groups is 1. The number of hydrogen-bond donors (Lipinski definition) is 1. The van der Waals surface area contributed by atoms with Crippen molar-refractivity contribution in [2.75, 3.05) is 5.32 Å². The lowest BCUT2D eigenvalue weighted by Gasteiger charge is -2.10. The highest BCUT2D eigenvalue weighted by atomic mass is 19.1. The molecule has 2 heterocycles. The number of carbonyl (C=O) groups excluding carboxylic acids is 1. The molecule has 0 saturated heterocycles. The van der Waals surface area contributed by atoms with Crippen LogP contribution in [0.4, 0.5) is 15.9 Å². The summed E-state index contributed by atoms with van der Waals surface area (Å²) in [6.07, 6.45) is 1.50. The number of para-hydroxylation sites is 1. The maximum Gasteiger partial charge on any atom is 0.342 e. The number of pyridine rings is 1. The van der Waals surface area contributed by atoms with Gasteiger partial charge in [0.05, 0.1) is 11.4 Å². The first kappa shape index (κ1) is 15.7. The van der Waals surface area contributed by atoms with Crippen LogP contribution in [0.15, 0.2) is 53.2 Å². The van der Waals surface area contributed by atoms with Crippen LogP contribution in [0, 0.1) is 12.7 Å². The predicted octanol–water partition coefficient (Wildman–Crippen LogP) is 3.62. The van der Waals surface area contributed by atoms with Crippen molar-refractivity contribution < 1.29 is 18.4 Å². The highest BCUT2D eigenvalue weighted by Gasteiger charge is 2.16. The molecule has 2 aromatic heterocycles. The molecule has 3 aromatic rings. The fourth-order valence-corrected chi connectivity index (χ4v) is 2.06. The second kappa shape index (κ2) is 6.91. The number of hydrogen-bond acceptors (Lipinski definition) is 6.